The first kappa shape index (κ1) is 13.3. The highest BCUT2D eigenvalue weighted by Gasteiger charge is 2.24. The van der Waals surface area contributed by atoms with Crippen molar-refractivity contribution in [3.63, 3.8) is 0 Å². The summed E-state index contributed by atoms with van der Waals surface area (Å²) in [7, 11) is 0. The zero-order valence-electron chi connectivity index (χ0n) is 10.9. The van der Waals surface area contributed by atoms with E-state index in [2.05, 4.69) is 24.1 Å². The van der Waals surface area contributed by atoms with Gasteiger partial charge in [-0.3, -0.25) is 0 Å². The second-order valence-corrected chi connectivity index (χ2v) is 5.10. The van der Waals surface area contributed by atoms with Gasteiger partial charge in [-0.05, 0) is 31.0 Å². The zero-order chi connectivity index (χ0) is 13.1. The van der Waals surface area contributed by atoms with Crippen LogP contribution in [-0.4, -0.2) is 25.7 Å². The summed E-state index contributed by atoms with van der Waals surface area (Å²) in [5.41, 5.74) is 0.767. The van der Waals surface area contributed by atoms with Gasteiger partial charge >= 0.3 is 0 Å². The normalized spacial score (nSPS) is 24.3. The minimum absolute atomic E-state index is 0.423. The highest BCUT2D eigenvalue weighted by atomic mass is 19.2. The number of hydrogen-bond acceptors (Lipinski definition) is 2. The maximum atomic E-state index is 13.3. The van der Waals surface area contributed by atoms with Crippen molar-refractivity contribution in [2.24, 2.45) is 5.92 Å². The number of halogens is 2. The van der Waals surface area contributed by atoms with E-state index in [0.29, 0.717) is 12.0 Å². The van der Waals surface area contributed by atoms with Crippen LogP contribution < -0.4 is 10.2 Å². The van der Waals surface area contributed by atoms with Crippen LogP contribution in [0.15, 0.2) is 18.2 Å². The van der Waals surface area contributed by atoms with Crippen molar-refractivity contribution >= 4 is 5.69 Å². The van der Waals surface area contributed by atoms with Crippen LogP contribution in [-0.2, 0) is 0 Å². The Morgan fingerprint density at radius 2 is 2.06 bits per heavy atom. The molecule has 100 valence electrons. The standard InChI is InChI=1S/C14H20F2N2/c1-3-17-11-6-10(2)8-18(9-11)12-4-5-13(15)14(16)7-12/h4-5,7,10-11,17H,3,6,8-9H2,1-2H3. The van der Waals surface area contributed by atoms with E-state index < -0.39 is 11.6 Å². The molecule has 2 atom stereocenters. The summed E-state index contributed by atoms with van der Waals surface area (Å²) in [6.45, 7) is 6.96. The minimum atomic E-state index is -0.785. The van der Waals surface area contributed by atoms with Crippen LogP contribution in [0.4, 0.5) is 14.5 Å². The summed E-state index contributed by atoms with van der Waals surface area (Å²) in [4.78, 5) is 2.13. The topological polar surface area (TPSA) is 15.3 Å². The molecule has 4 heteroatoms. The lowest BCUT2D eigenvalue weighted by Gasteiger charge is -2.38. The predicted molar refractivity (Wildman–Crippen MR) is 69.8 cm³/mol. The third-order valence-corrected chi connectivity index (χ3v) is 3.42. The van der Waals surface area contributed by atoms with Gasteiger partial charge in [0.2, 0.25) is 0 Å². The first-order valence-electron chi connectivity index (χ1n) is 6.53. The van der Waals surface area contributed by atoms with Crippen molar-refractivity contribution in [2.75, 3.05) is 24.5 Å². The molecule has 0 aromatic heterocycles. The molecule has 1 N–H and O–H groups in total. The Labute approximate surface area is 107 Å². The summed E-state index contributed by atoms with van der Waals surface area (Å²) in [6.07, 6.45) is 1.13. The van der Waals surface area contributed by atoms with Crippen LogP contribution in [0.3, 0.4) is 0 Å². The Balaban J connectivity index is 2.13. The molecule has 0 spiro atoms. The summed E-state index contributed by atoms with van der Waals surface area (Å²) in [5.74, 6) is -1.01. The van der Waals surface area contributed by atoms with Crippen LogP contribution in [0, 0.1) is 17.6 Å². The number of likely N-dealkylation sites (N-methyl/N-ethyl adjacent to an activating group) is 1. The molecule has 2 rings (SSSR count). The van der Waals surface area contributed by atoms with Gasteiger partial charge in [0.15, 0.2) is 11.6 Å². The number of hydrogen-bond donors (Lipinski definition) is 1. The molecule has 0 amide bonds. The number of nitrogens with zero attached hydrogens (tertiary/aromatic N) is 1. The average molecular weight is 254 g/mol. The third-order valence-electron chi connectivity index (χ3n) is 3.42. The van der Waals surface area contributed by atoms with Gasteiger partial charge in [0.1, 0.15) is 0 Å². The Morgan fingerprint density at radius 1 is 1.28 bits per heavy atom. The third kappa shape index (κ3) is 2.99. The fraction of sp³-hybridized carbons (Fsp3) is 0.571. The average Bonchev–Trinajstić information content (AvgIpc) is 2.32. The van der Waals surface area contributed by atoms with Crippen LogP contribution in [0.25, 0.3) is 0 Å². The van der Waals surface area contributed by atoms with Crippen molar-refractivity contribution in [1.82, 2.24) is 5.32 Å². The molecule has 1 aliphatic heterocycles. The van der Waals surface area contributed by atoms with Gasteiger partial charge in [-0.1, -0.05) is 13.8 Å². The molecule has 2 nitrogen and oxygen atoms in total. The molecule has 1 aliphatic rings. The molecular weight excluding hydrogens is 234 g/mol. The Hall–Kier alpha value is -1.16. The van der Waals surface area contributed by atoms with Gasteiger partial charge in [0.25, 0.3) is 0 Å². The van der Waals surface area contributed by atoms with E-state index in [1.807, 2.05) is 0 Å². The highest BCUT2D eigenvalue weighted by molar-refractivity contribution is 5.47. The Morgan fingerprint density at radius 3 is 2.72 bits per heavy atom. The fourth-order valence-corrected chi connectivity index (χ4v) is 2.68. The van der Waals surface area contributed by atoms with Gasteiger partial charge in [-0.2, -0.15) is 0 Å². The second-order valence-electron chi connectivity index (χ2n) is 5.10. The number of piperidine rings is 1. The van der Waals surface area contributed by atoms with Crippen molar-refractivity contribution in [1.29, 1.82) is 0 Å². The minimum Gasteiger partial charge on any atom is -0.370 e. The maximum absolute atomic E-state index is 13.3. The van der Waals surface area contributed by atoms with Crippen molar-refractivity contribution < 1.29 is 8.78 Å². The lowest BCUT2D eigenvalue weighted by Crippen LogP contribution is -2.48. The largest absolute Gasteiger partial charge is 0.370 e. The van der Waals surface area contributed by atoms with E-state index in [-0.39, 0.29) is 0 Å². The second kappa shape index (κ2) is 5.65. The molecule has 0 radical (unpaired) electrons. The summed E-state index contributed by atoms with van der Waals surface area (Å²) < 4.78 is 26.2. The number of nitrogens with one attached hydrogen (secondary N) is 1. The molecule has 1 fully saturated rings. The Kier molecular flexibility index (Phi) is 4.17. The van der Waals surface area contributed by atoms with Gasteiger partial charge < -0.3 is 10.2 Å². The lowest BCUT2D eigenvalue weighted by atomic mass is 9.95. The highest BCUT2D eigenvalue weighted by Crippen LogP contribution is 2.24. The summed E-state index contributed by atoms with van der Waals surface area (Å²) in [5, 5.41) is 3.43. The smallest absolute Gasteiger partial charge is 0.160 e. The van der Waals surface area contributed by atoms with Crippen molar-refractivity contribution in [2.45, 2.75) is 26.3 Å². The molecule has 1 aromatic rings. The molecule has 0 saturated carbocycles. The Bertz CT molecular complexity index is 409. The summed E-state index contributed by atoms with van der Waals surface area (Å²) in [6, 6.07) is 4.56. The van der Waals surface area contributed by atoms with Gasteiger partial charge in [-0.15, -0.1) is 0 Å². The molecular formula is C14H20F2N2. The van der Waals surface area contributed by atoms with Gasteiger partial charge in [0, 0.05) is 30.9 Å². The van der Waals surface area contributed by atoms with Crippen molar-refractivity contribution in [3.05, 3.63) is 29.8 Å². The van der Waals surface area contributed by atoms with E-state index in [9.17, 15) is 8.78 Å². The number of rotatable bonds is 3. The van der Waals surface area contributed by atoms with Crippen LogP contribution in [0.1, 0.15) is 20.3 Å². The van der Waals surface area contributed by atoms with E-state index in [1.54, 1.807) is 6.07 Å². The zero-order valence-corrected chi connectivity index (χ0v) is 10.9. The first-order chi connectivity index (χ1) is 8.60. The lowest BCUT2D eigenvalue weighted by molar-refractivity contribution is 0.355. The maximum Gasteiger partial charge on any atom is 0.160 e. The molecule has 1 heterocycles. The predicted octanol–water partition coefficient (Wildman–Crippen LogP) is 2.79. The van der Waals surface area contributed by atoms with Crippen LogP contribution in [0.5, 0.6) is 0 Å². The van der Waals surface area contributed by atoms with Gasteiger partial charge in [-0.25, -0.2) is 8.78 Å². The monoisotopic (exact) mass is 254 g/mol. The van der Waals surface area contributed by atoms with Crippen LogP contribution >= 0.6 is 0 Å². The molecule has 18 heavy (non-hydrogen) atoms. The molecule has 0 bridgehead atoms. The number of benzene rings is 1. The van der Waals surface area contributed by atoms with E-state index in [0.717, 1.165) is 31.7 Å². The quantitative estimate of drug-likeness (QED) is 0.892. The summed E-state index contributed by atoms with van der Waals surface area (Å²) >= 11 is 0. The molecule has 2 unspecified atom stereocenters. The first-order valence-corrected chi connectivity index (χ1v) is 6.53. The van der Waals surface area contributed by atoms with Gasteiger partial charge in [0.05, 0.1) is 0 Å². The fourth-order valence-electron chi connectivity index (χ4n) is 2.68. The molecule has 1 aromatic carbocycles. The number of anilines is 1. The van der Waals surface area contributed by atoms with E-state index in [4.69, 9.17) is 0 Å². The SMILES string of the molecule is CCNC1CC(C)CN(c2ccc(F)c(F)c2)C1. The van der Waals surface area contributed by atoms with Crippen LogP contribution in [0.2, 0.25) is 0 Å². The molecule has 0 aliphatic carbocycles. The molecule has 1 saturated heterocycles. The van der Waals surface area contributed by atoms with Crippen molar-refractivity contribution in [3.8, 4) is 0 Å². The van der Waals surface area contributed by atoms with E-state index >= 15 is 0 Å². The van der Waals surface area contributed by atoms with E-state index in [1.165, 1.54) is 12.1 Å².